The molecule has 0 heterocycles. The first-order valence-electron chi connectivity index (χ1n) is 5.64. The molecule has 0 aromatic heterocycles. The summed E-state index contributed by atoms with van der Waals surface area (Å²) in [7, 11) is 0. The fourth-order valence-corrected chi connectivity index (χ4v) is 1.47. The number of ether oxygens (including phenoxy) is 1. The number of benzene rings is 1. The molecule has 0 unspecified atom stereocenters. The van der Waals surface area contributed by atoms with Crippen LogP contribution in [0.15, 0.2) is 42.0 Å². The van der Waals surface area contributed by atoms with Crippen LogP contribution in [-0.2, 0) is 16.0 Å². The van der Waals surface area contributed by atoms with E-state index < -0.39 is 0 Å². The highest BCUT2D eigenvalue weighted by Crippen LogP contribution is 2.05. The fraction of sp³-hybridized carbons (Fsp3) is 0.357. The van der Waals surface area contributed by atoms with Gasteiger partial charge in [-0.25, -0.2) is 4.79 Å². The van der Waals surface area contributed by atoms with Gasteiger partial charge in [-0.1, -0.05) is 43.3 Å². The van der Waals surface area contributed by atoms with Gasteiger partial charge in [-0.15, -0.1) is 0 Å². The average molecular weight is 218 g/mol. The molecule has 0 aliphatic heterocycles. The normalized spacial score (nSPS) is 11.2. The van der Waals surface area contributed by atoms with E-state index in [2.05, 4.69) is 0 Å². The Morgan fingerprint density at radius 2 is 2.00 bits per heavy atom. The van der Waals surface area contributed by atoms with Crippen molar-refractivity contribution in [2.75, 3.05) is 6.61 Å². The van der Waals surface area contributed by atoms with Crippen LogP contribution in [0.4, 0.5) is 0 Å². The molecular formula is C14H18O2. The zero-order valence-electron chi connectivity index (χ0n) is 9.90. The van der Waals surface area contributed by atoms with E-state index in [-0.39, 0.29) is 5.97 Å². The summed E-state index contributed by atoms with van der Waals surface area (Å²) in [6.07, 6.45) is 3.30. The number of esters is 1. The van der Waals surface area contributed by atoms with E-state index in [4.69, 9.17) is 4.74 Å². The Kier molecular flexibility index (Phi) is 5.34. The standard InChI is InChI=1S/C14H18O2/c1-3-13(4-2)14(15)16-11-10-12-8-6-5-7-9-12/h3,5-9H,4,10-11H2,1-2H3/b13-3-. The van der Waals surface area contributed by atoms with Crippen LogP contribution < -0.4 is 0 Å². The third kappa shape index (κ3) is 3.89. The summed E-state index contributed by atoms with van der Waals surface area (Å²) in [6, 6.07) is 10.0. The molecular weight excluding hydrogens is 200 g/mol. The first-order chi connectivity index (χ1) is 7.77. The highest BCUT2D eigenvalue weighted by atomic mass is 16.5. The van der Waals surface area contributed by atoms with Crippen molar-refractivity contribution in [3.8, 4) is 0 Å². The lowest BCUT2D eigenvalue weighted by atomic mass is 10.2. The average Bonchev–Trinajstić information content (AvgIpc) is 2.32. The van der Waals surface area contributed by atoms with Crippen molar-refractivity contribution >= 4 is 5.97 Å². The molecule has 0 amide bonds. The van der Waals surface area contributed by atoms with Gasteiger partial charge in [0.15, 0.2) is 0 Å². The zero-order valence-corrected chi connectivity index (χ0v) is 9.90. The van der Waals surface area contributed by atoms with Crippen LogP contribution in [0.5, 0.6) is 0 Å². The number of carbonyl (C=O) groups is 1. The van der Waals surface area contributed by atoms with E-state index in [0.717, 1.165) is 18.4 Å². The number of rotatable bonds is 5. The van der Waals surface area contributed by atoms with Crippen molar-refractivity contribution in [3.63, 3.8) is 0 Å². The van der Waals surface area contributed by atoms with Crippen molar-refractivity contribution in [3.05, 3.63) is 47.5 Å². The second-order valence-electron chi connectivity index (χ2n) is 3.54. The molecule has 0 saturated carbocycles. The molecule has 0 fully saturated rings. The molecule has 1 aromatic carbocycles. The minimum Gasteiger partial charge on any atom is -0.462 e. The summed E-state index contributed by atoms with van der Waals surface area (Å²) < 4.78 is 5.18. The molecule has 0 spiro atoms. The second-order valence-corrected chi connectivity index (χ2v) is 3.54. The molecule has 0 atom stereocenters. The molecule has 1 aromatic rings. The quantitative estimate of drug-likeness (QED) is 0.560. The first kappa shape index (κ1) is 12.5. The molecule has 0 bridgehead atoms. The predicted octanol–water partition coefficient (Wildman–Crippen LogP) is 3.13. The van der Waals surface area contributed by atoms with Gasteiger partial charge in [0.25, 0.3) is 0 Å². The van der Waals surface area contributed by atoms with Crippen LogP contribution in [0.3, 0.4) is 0 Å². The fourth-order valence-electron chi connectivity index (χ4n) is 1.47. The lowest BCUT2D eigenvalue weighted by Gasteiger charge is -2.06. The van der Waals surface area contributed by atoms with Gasteiger partial charge >= 0.3 is 5.97 Å². The smallest absolute Gasteiger partial charge is 0.333 e. The van der Waals surface area contributed by atoms with Gasteiger partial charge in [0.2, 0.25) is 0 Å². The minimum absolute atomic E-state index is 0.194. The summed E-state index contributed by atoms with van der Waals surface area (Å²) in [5.74, 6) is -0.194. The molecule has 0 aliphatic carbocycles. The Hall–Kier alpha value is -1.57. The Morgan fingerprint density at radius 1 is 1.31 bits per heavy atom. The monoisotopic (exact) mass is 218 g/mol. The highest BCUT2D eigenvalue weighted by Gasteiger charge is 2.06. The first-order valence-corrected chi connectivity index (χ1v) is 5.64. The highest BCUT2D eigenvalue weighted by molar-refractivity contribution is 5.88. The number of hydrogen-bond donors (Lipinski definition) is 0. The summed E-state index contributed by atoms with van der Waals surface area (Å²) in [5.41, 5.74) is 1.93. The Balaban J connectivity index is 2.34. The van der Waals surface area contributed by atoms with Gasteiger partial charge in [-0.05, 0) is 18.9 Å². The SMILES string of the molecule is C/C=C(/CC)C(=O)OCCc1ccccc1. The third-order valence-corrected chi connectivity index (χ3v) is 2.46. The van der Waals surface area contributed by atoms with Gasteiger partial charge in [-0.2, -0.15) is 0 Å². The maximum Gasteiger partial charge on any atom is 0.333 e. The van der Waals surface area contributed by atoms with Crippen molar-refractivity contribution in [1.29, 1.82) is 0 Å². The van der Waals surface area contributed by atoms with E-state index in [1.807, 2.05) is 50.3 Å². The van der Waals surface area contributed by atoms with Crippen LogP contribution in [0.25, 0.3) is 0 Å². The maximum absolute atomic E-state index is 11.5. The Labute approximate surface area is 96.9 Å². The van der Waals surface area contributed by atoms with E-state index in [1.54, 1.807) is 0 Å². The van der Waals surface area contributed by atoms with E-state index in [9.17, 15) is 4.79 Å². The molecule has 2 heteroatoms. The van der Waals surface area contributed by atoms with E-state index in [0.29, 0.717) is 6.61 Å². The van der Waals surface area contributed by atoms with Gasteiger partial charge < -0.3 is 4.74 Å². The second kappa shape index (κ2) is 6.83. The maximum atomic E-state index is 11.5. The third-order valence-electron chi connectivity index (χ3n) is 2.46. The molecule has 1 rings (SSSR count). The van der Waals surface area contributed by atoms with E-state index in [1.165, 1.54) is 5.56 Å². The molecule has 0 radical (unpaired) electrons. The number of allylic oxidation sites excluding steroid dienone is 1. The number of hydrogen-bond acceptors (Lipinski definition) is 2. The van der Waals surface area contributed by atoms with Crippen molar-refractivity contribution < 1.29 is 9.53 Å². The van der Waals surface area contributed by atoms with Gasteiger partial charge in [0, 0.05) is 12.0 Å². The van der Waals surface area contributed by atoms with Crippen molar-refractivity contribution in [2.45, 2.75) is 26.7 Å². The Morgan fingerprint density at radius 3 is 2.56 bits per heavy atom. The summed E-state index contributed by atoms with van der Waals surface area (Å²) in [4.78, 5) is 11.5. The summed E-state index contributed by atoms with van der Waals surface area (Å²) in [6.45, 7) is 4.26. The lowest BCUT2D eigenvalue weighted by Crippen LogP contribution is -2.09. The minimum atomic E-state index is -0.194. The molecule has 0 aliphatic rings. The van der Waals surface area contributed by atoms with Gasteiger partial charge in [0.05, 0.1) is 6.61 Å². The van der Waals surface area contributed by atoms with Crippen LogP contribution in [0, 0.1) is 0 Å². The van der Waals surface area contributed by atoms with Crippen molar-refractivity contribution in [1.82, 2.24) is 0 Å². The topological polar surface area (TPSA) is 26.3 Å². The number of carbonyl (C=O) groups excluding carboxylic acids is 1. The summed E-state index contributed by atoms with van der Waals surface area (Å²) in [5, 5.41) is 0. The summed E-state index contributed by atoms with van der Waals surface area (Å²) >= 11 is 0. The predicted molar refractivity (Wildman–Crippen MR) is 65.2 cm³/mol. The van der Waals surface area contributed by atoms with Crippen LogP contribution >= 0.6 is 0 Å². The van der Waals surface area contributed by atoms with Gasteiger partial charge in [-0.3, -0.25) is 0 Å². The molecule has 2 nitrogen and oxygen atoms in total. The van der Waals surface area contributed by atoms with E-state index >= 15 is 0 Å². The molecule has 16 heavy (non-hydrogen) atoms. The lowest BCUT2D eigenvalue weighted by molar-refractivity contribution is -0.139. The van der Waals surface area contributed by atoms with Crippen LogP contribution in [0.2, 0.25) is 0 Å². The van der Waals surface area contributed by atoms with Crippen LogP contribution in [0.1, 0.15) is 25.8 Å². The molecule has 0 saturated heterocycles. The van der Waals surface area contributed by atoms with Crippen LogP contribution in [-0.4, -0.2) is 12.6 Å². The molecule has 86 valence electrons. The molecule has 0 N–H and O–H groups in total. The van der Waals surface area contributed by atoms with Crippen molar-refractivity contribution in [2.24, 2.45) is 0 Å². The Bertz CT molecular complexity index is 352. The zero-order chi connectivity index (χ0) is 11.8. The van der Waals surface area contributed by atoms with Gasteiger partial charge in [0.1, 0.15) is 0 Å². The largest absolute Gasteiger partial charge is 0.462 e.